The molecule has 3 rings (SSSR count). The highest BCUT2D eigenvalue weighted by molar-refractivity contribution is 6.31. The van der Waals surface area contributed by atoms with E-state index >= 15 is 0 Å². The summed E-state index contributed by atoms with van der Waals surface area (Å²) in [5, 5.41) is 6.53. The molecule has 0 bridgehead atoms. The van der Waals surface area contributed by atoms with E-state index in [0.29, 0.717) is 33.9 Å². The molecule has 0 saturated heterocycles. The van der Waals surface area contributed by atoms with Gasteiger partial charge in [0.15, 0.2) is 11.6 Å². The van der Waals surface area contributed by atoms with Crippen LogP contribution in [0.5, 0.6) is 5.75 Å². The van der Waals surface area contributed by atoms with Crippen molar-refractivity contribution < 1.29 is 9.53 Å². The third kappa shape index (κ3) is 5.12. The molecule has 26 heavy (non-hydrogen) atoms. The fraction of sp³-hybridized carbons (Fsp3) is 0.0526. The predicted molar refractivity (Wildman–Crippen MR) is 104 cm³/mol. The summed E-state index contributed by atoms with van der Waals surface area (Å²) in [4.78, 5) is 16.3. The topological polar surface area (TPSA) is 63.2 Å². The first kappa shape index (κ1) is 18.0. The van der Waals surface area contributed by atoms with E-state index in [9.17, 15) is 4.79 Å². The number of pyridine rings is 1. The van der Waals surface area contributed by atoms with Crippen LogP contribution < -0.4 is 15.4 Å². The number of anilines is 2. The van der Waals surface area contributed by atoms with Crippen molar-refractivity contribution in [2.45, 2.75) is 6.61 Å². The third-order valence-electron chi connectivity index (χ3n) is 3.37. The lowest BCUT2D eigenvalue weighted by Crippen LogP contribution is -2.20. The second-order valence-corrected chi connectivity index (χ2v) is 6.23. The van der Waals surface area contributed by atoms with E-state index in [1.165, 1.54) is 0 Å². The number of nitrogens with zero attached hydrogens (tertiary/aromatic N) is 1. The SMILES string of the molecule is O=C(Nc1cccc(Cl)c1)Nc1ncccc1OCc1cccc(Cl)c1. The summed E-state index contributed by atoms with van der Waals surface area (Å²) in [6, 6.07) is 17.2. The first-order valence-electron chi connectivity index (χ1n) is 7.76. The number of benzene rings is 2. The fourth-order valence-corrected chi connectivity index (χ4v) is 2.63. The van der Waals surface area contributed by atoms with Gasteiger partial charge in [0.05, 0.1) is 0 Å². The standard InChI is InChI=1S/C19H15Cl2N3O2/c20-14-5-1-4-13(10-14)12-26-17-8-3-9-22-18(17)24-19(25)23-16-7-2-6-15(21)11-16/h1-11H,12H2,(H2,22,23,24,25). The van der Waals surface area contributed by atoms with Gasteiger partial charge >= 0.3 is 6.03 Å². The number of aromatic nitrogens is 1. The number of amides is 2. The van der Waals surface area contributed by atoms with E-state index in [1.54, 1.807) is 48.7 Å². The molecule has 0 unspecified atom stereocenters. The molecule has 2 aromatic carbocycles. The van der Waals surface area contributed by atoms with Crippen molar-refractivity contribution in [1.82, 2.24) is 4.98 Å². The molecule has 2 amide bonds. The average molecular weight is 388 g/mol. The van der Waals surface area contributed by atoms with Gasteiger partial charge in [0.2, 0.25) is 0 Å². The Morgan fingerprint density at radius 3 is 2.50 bits per heavy atom. The van der Waals surface area contributed by atoms with Crippen molar-refractivity contribution >= 4 is 40.7 Å². The lowest BCUT2D eigenvalue weighted by Gasteiger charge is -2.12. The van der Waals surface area contributed by atoms with E-state index < -0.39 is 6.03 Å². The second-order valence-electron chi connectivity index (χ2n) is 5.36. The Bertz CT molecular complexity index is 919. The Kier molecular flexibility index (Phi) is 5.94. The van der Waals surface area contributed by atoms with Crippen LogP contribution in [0.4, 0.5) is 16.3 Å². The summed E-state index contributed by atoms with van der Waals surface area (Å²) in [5.74, 6) is 0.766. The number of carbonyl (C=O) groups is 1. The first-order chi connectivity index (χ1) is 12.6. The minimum atomic E-state index is -0.446. The molecule has 0 atom stereocenters. The van der Waals surface area contributed by atoms with E-state index in [1.807, 2.05) is 18.2 Å². The number of halogens is 2. The number of urea groups is 1. The summed E-state index contributed by atoms with van der Waals surface area (Å²) < 4.78 is 5.76. The number of hydrogen-bond donors (Lipinski definition) is 2. The zero-order chi connectivity index (χ0) is 18.4. The smallest absolute Gasteiger partial charge is 0.324 e. The lowest BCUT2D eigenvalue weighted by atomic mass is 10.2. The molecule has 0 radical (unpaired) electrons. The summed E-state index contributed by atoms with van der Waals surface area (Å²) >= 11 is 11.9. The van der Waals surface area contributed by atoms with Gasteiger partial charge in [0.25, 0.3) is 0 Å². The Labute approximate surface area is 160 Å². The monoisotopic (exact) mass is 387 g/mol. The largest absolute Gasteiger partial charge is 0.485 e. The molecule has 132 valence electrons. The molecule has 7 heteroatoms. The van der Waals surface area contributed by atoms with Gasteiger partial charge in [-0.15, -0.1) is 0 Å². The van der Waals surface area contributed by atoms with Crippen molar-refractivity contribution in [1.29, 1.82) is 0 Å². The Morgan fingerprint density at radius 2 is 1.73 bits per heavy atom. The molecular formula is C19H15Cl2N3O2. The highest BCUT2D eigenvalue weighted by atomic mass is 35.5. The quantitative estimate of drug-likeness (QED) is 0.597. The van der Waals surface area contributed by atoms with Gasteiger partial charge in [-0.25, -0.2) is 9.78 Å². The molecule has 0 aliphatic rings. The Hall–Kier alpha value is -2.76. The highest BCUT2D eigenvalue weighted by Gasteiger charge is 2.10. The minimum absolute atomic E-state index is 0.302. The lowest BCUT2D eigenvalue weighted by molar-refractivity contribution is 0.261. The van der Waals surface area contributed by atoms with E-state index in [4.69, 9.17) is 27.9 Å². The van der Waals surface area contributed by atoms with Gasteiger partial charge in [-0.3, -0.25) is 5.32 Å². The van der Waals surface area contributed by atoms with Crippen LogP contribution in [0.1, 0.15) is 5.56 Å². The Morgan fingerprint density at radius 1 is 0.962 bits per heavy atom. The van der Waals surface area contributed by atoms with Crippen LogP contribution in [0.2, 0.25) is 10.0 Å². The Balaban J connectivity index is 1.65. The molecule has 0 saturated carbocycles. The van der Waals surface area contributed by atoms with E-state index in [-0.39, 0.29) is 0 Å². The number of rotatable bonds is 5. The number of ether oxygens (including phenoxy) is 1. The van der Waals surface area contributed by atoms with Crippen molar-refractivity contribution in [2.75, 3.05) is 10.6 Å². The molecule has 0 aliphatic carbocycles. The predicted octanol–water partition coefficient (Wildman–Crippen LogP) is 5.61. The normalized spacial score (nSPS) is 10.2. The zero-order valence-corrected chi connectivity index (χ0v) is 15.1. The molecular weight excluding hydrogens is 373 g/mol. The molecule has 0 fully saturated rings. The first-order valence-corrected chi connectivity index (χ1v) is 8.51. The van der Waals surface area contributed by atoms with Gasteiger partial charge in [-0.2, -0.15) is 0 Å². The summed E-state index contributed by atoms with van der Waals surface area (Å²) in [6.07, 6.45) is 1.57. The van der Waals surface area contributed by atoms with Crippen molar-refractivity contribution in [3.05, 3.63) is 82.5 Å². The number of nitrogens with one attached hydrogen (secondary N) is 2. The maximum atomic E-state index is 12.2. The van der Waals surface area contributed by atoms with Gasteiger partial charge in [0, 0.05) is 21.9 Å². The van der Waals surface area contributed by atoms with Crippen LogP contribution in [-0.2, 0) is 6.61 Å². The molecule has 0 spiro atoms. The van der Waals surface area contributed by atoms with Crippen LogP contribution in [-0.4, -0.2) is 11.0 Å². The summed E-state index contributed by atoms with van der Waals surface area (Å²) in [6.45, 7) is 0.302. The zero-order valence-electron chi connectivity index (χ0n) is 13.6. The molecule has 2 N–H and O–H groups in total. The number of carbonyl (C=O) groups excluding carboxylic acids is 1. The van der Waals surface area contributed by atoms with Gasteiger partial charge in [-0.1, -0.05) is 41.4 Å². The van der Waals surface area contributed by atoms with Gasteiger partial charge in [-0.05, 0) is 48.0 Å². The van der Waals surface area contributed by atoms with Crippen LogP contribution in [0.15, 0.2) is 66.9 Å². The van der Waals surface area contributed by atoms with E-state index in [0.717, 1.165) is 5.56 Å². The molecule has 5 nitrogen and oxygen atoms in total. The number of hydrogen-bond acceptors (Lipinski definition) is 3. The summed E-state index contributed by atoms with van der Waals surface area (Å²) in [5.41, 5.74) is 1.49. The van der Waals surface area contributed by atoms with Crippen molar-refractivity contribution in [2.24, 2.45) is 0 Å². The summed E-state index contributed by atoms with van der Waals surface area (Å²) in [7, 11) is 0. The van der Waals surface area contributed by atoms with Crippen LogP contribution in [0, 0.1) is 0 Å². The molecule has 3 aromatic rings. The van der Waals surface area contributed by atoms with E-state index in [2.05, 4.69) is 15.6 Å². The van der Waals surface area contributed by atoms with Crippen LogP contribution in [0.3, 0.4) is 0 Å². The van der Waals surface area contributed by atoms with Crippen LogP contribution in [0.25, 0.3) is 0 Å². The maximum absolute atomic E-state index is 12.2. The molecule has 0 aliphatic heterocycles. The fourth-order valence-electron chi connectivity index (χ4n) is 2.22. The second kappa shape index (κ2) is 8.56. The van der Waals surface area contributed by atoms with Crippen LogP contribution >= 0.6 is 23.2 Å². The third-order valence-corrected chi connectivity index (χ3v) is 3.84. The minimum Gasteiger partial charge on any atom is -0.485 e. The highest BCUT2D eigenvalue weighted by Crippen LogP contribution is 2.23. The van der Waals surface area contributed by atoms with Gasteiger partial charge in [0.1, 0.15) is 6.61 Å². The maximum Gasteiger partial charge on any atom is 0.324 e. The van der Waals surface area contributed by atoms with Gasteiger partial charge < -0.3 is 10.1 Å². The average Bonchev–Trinajstić information content (AvgIpc) is 2.61. The molecule has 1 aromatic heterocycles. The van der Waals surface area contributed by atoms with Crippen molar-refractivity contribution in [3.63, 3.8) is 0 Å². The molecule has 1 heterocycles. The van der Waals surface area contributed by atoms with Crippen molar-refractivity contribution in [3.8, 4) is 5.75 Å².